The molecule has 3 N–H and O–H groups in total. The molecule has 0 aliphatic rings. The fourth-order valence-corrected chi connectivity index (χ4v) is 2.07. The van der Waals surface area contributed by atoms with Gasteiger partial charge < -0.3 is 0 Å². The molecule has 1 unspecified atom stereocenters. The van der Waals surface area contributed by atoms with Crippen LogP contribution in [-0.2, 0) is 6.18 Å². The Bertz CT molecular complexity index is 623. The molecule has 0 saturated heterocycles. The number of rotatable bonds is 3. The molecule has 1 heterocycles. The summed E-state index contributed by atoms with van der Waals surface area (Å²) in [6.07, 6.45) is -3.37. The normalized spacial score (nSPS) is 13.2. The maximum absolute atomic E-state index is 12.9. The predicted octanol–water partition coefficient (Wildman–Crippen LogP) is 3.10. The van der Waals surface area contributed by atoms with Gasteiger partial charge in [0.2, 0.25) is 0 Å². The van der Waals surface area contributed by atoms with Crippen LogP contribution >= 0.6 is 0 Å². The third-order valence-corrected chi connectivity index (χ3v) is 3.12. The second-order valence-electron chi connectivity index (χ2n) is 4.57. The van der Waals surface area contributed by atoms with Gasteiger partial charge in [-0.25, -0.2) is 9.82 Å². The zero-order valence-corrected chi connectivity index (χ0v) is 11.1. The zero-order valence-electron chi connectivity index (χ0n) is 11.1. The van der Waals surface area contributed by atoms with Crippen molar-refractivity contribution in [2.24, 2.45) is 5.84 Å². The van der Waals surface area contributed by atoms with E-state index in [-0.39, 0.29) is 0 Å². The molecule has 0 bridgehead atoms. The average Bonchev–Trinajstić information content (AvgIpc) is 2.42. The van der Waals surface area contributed by atoms with Crippen molar-refractivity contribution in [2.75, 3.05) is 0 Å². The largest absolute Gasteiger partial charge is 0.416 e. The summed E-state index contributed by atoms with van der Waals surface area (Å²) >= 11 is 0. The fourth-order valence-electron chi connectivity index (χ4n) is 2.07. The molecule has 0 saturated carbocycles. The van der Waals surface area contributed by atoms with Gasteiger partial charge in [0.1, 0.15) is 5.82 Å². The lowest BCUT2D eigenvalue weighted by Crippen LogP contribution is -2.30. The third kappa shape index (κ3) is 3.37. The Balaban J connectivity index is 2.41. The van der Waals surface area contributed by atoms with Gasteiger partial charge in [-0.05, 0) is 42.3 Å². The van der Waals surface area contributed by atoms with Crippen molar-refractivity contribution in [3.63, 3.8) is 0 Å². The van der Waals surface area contributed by atoms with Gasteiger partial charge >= 0.3 is 6.18 Å². The van der Waals surface area contributed by atoms with Crippen LogP contribution in [0.2, 0.25) is 0 Å². The molecule has 0 amide bonds. The van der Waals surface area contributed by atoms with Crippen LogP contribution in [0.3, 0.4) is 0 Å². The molecule has 2 aromatic rings. The van der Waals surface area contributed by atoms with Crippen LogP contribution in [0.1, 0.15) is 28.4 Å². The average molecular weight is 299 g/mol. The van der Waals surface area contributed by atoms with Gasteiger partial charge in [0.05, 0.1) is 23.5 Å². The van der Waals surface area contributed by atoms with Crippen molar-refractivity contribution >= 4 is 0 Å². The Hall–Kier alpha value is -1.99. The summed E-state index contributed by atoms with van der Waals surface area (Å²) in [6.45, 7) is 1.55. The minimum atomic E-state index is -4.40. The molecule has 7 heteroatoms. The Morgan fingerprint density at radius 1 is 1.19 bits per heavy atom. The van der Waals surface area contributed by atoms with Crippen molar-refractivity contribution in [3.8, 4) is 0 Å². The molecule has 0 fully saturated rings. The van der Waals surface area contributed by atoms with Crippen LogP contribution in [0.25, 0.3) is 0 Å². The summed E-state index contributed by atoms with van der Waals surface area (Å²) < 4.78 is 50.8. The summed E-state index contributed by atoms with van der Waals surface area (Å²) in [6, 6.07) is 5.39. The van der Waals surface area contributed by atoms with Crippen LogP contribution in [-0.4, -0.2) is 4.98 Å². The first-order chi connectivity index (χ1) is 9.82. The maximum Gasteiger partial charge on any atom is 0.416 e. The molecule has 0 aliphatic heterocycles. The molecule has 0 radical (unpaired) electrons. The van der Waals surface area contributed by atoms with Crippen LogP contribution < -0.4 is 11.3 Å². The molecule has 0 aliphatic carbocycles. The molecular formula is C14H13F4N3. The topological polar surface area (TPSA) is 50.9 Å². The van der Waals surface area contributed by atoms with E-state index in [9.17, 15) is 17.6 Å². The lowest BCUT2D eigenvalue weighted by atomic mass is 9.96. The highest BCUT2D eigenvalue weighted by atomic mass is 19.4. The first kappa shape index (κ1) is 15.4. The number of nitrogens with zero attached hydrogens (tertiary/aromatic N) is 1. The van der Waals surface area contributed by atoms with Gasteiger partial charge in [-0.15, -0.1) is 0 Å². The van der Waals surface area contributed by atoms with E-state index < -0.39 is 23.6 Å². The number of aromatic nitrogens is 1. The highest BCUT2D eigenvalue weighted by Gasteiger charge is 2.31. The summed E-state index contributed by atoms with van der Waals surface area (Å²) in [4.78, 5) is 3.90. The number of alkyl halides is 3. The van der Waals surface area contributed by atoms with E-state index in [1.165, 1.54) is 18.2 Å². The number of nitrogens with one attached hydrogen (secondary N) is 1. The molecule has 3 nitrogen and oxygen atoms in total. The zero-order chi connectivity index (χ0) is 15.6. The van der Waals surface area contributed by atoms with Crippen molar-refractivity contribution in [1.29, 1.82) is 0 Å². The third-order valence-electron chi connectivity index (χ3n) is 3.12. The maximum atomic E-state index is 12.9. The molecule has 112 valence electrons. The van der Waals surface area contributed by atoms with Gasteiger partial charge in [0, 0.05) is 0 Å². The van der Waals surface area contributed by atoms with E-state index in [1.54, 1.807) is 6.92 Å². The highest BCUT2D eigenvalue weighted by molar-refractivity contribution is 5.38. The number of aryl methyl sites for hydroxylation is 1. The summed E-state index contributed by atoms with van der Waals surface area (Å²) in [7, 11) is 0. The monoisotopic (exact) mass is 299 g/mol. The van der Waals surface area contributed by atoms with Gasteiger partial charge in [0.25, 0.3) is 0 Å². The first-order valence-corrected chi connectivity index (χ1v) is 6.08. The number of benzene rings is 1. The number of nitrogens with two attached hydrogens (primary N) is 1. The van der Waals surface area contributed by atoms with E-state index in [2.05, 4.69) is 10.4 Å². The number of halogens is 4. The summed E-state index contributed by atoms with van der Waals surface area (Å²) in [5, 5.41) is 0. The van der Waals surface area contributed by atoms with Gasteiger partial charge in [0.15, 0.2) is 0 Å². The van der Waals surface area contributed by atoms with Crippen molar-refractivity contribution in [1.82, 2.24) is 10.4 Å². The minimum Gasteiger partial charge on any atom is -0.271 e. The van der Waals surface area contributed by atoms with Gasteiger partial charge in [-0.1, -0.05) is 6.07 Å². The van der Waals surface area contributed by atoms with Crippen molar-refractivity contribution < 1.29 is 17.6 Å². The number of hydrogen-bond acceptors (Lipinski definition) is 3. The molecule has 0 spiro atoms. The number of pyridine rings is 1. The molecule has 1 aromatic heterocycles. The quantitative estimate of drug-likeness (QED) is 0.520. The SMILES string of the molecule is Cc1cc(C(F)(F)F)ccc1C(NN)c1ccc(F)cn1. The van der Waals surface area contributed by atoms with E-state index in [1.807, 2.05) is 0 Å². The smallest absolute Gasteiger partial charge is 0.271 e. The standard InChI is InChI=1S/C14H13F4N3/c1-8-6-9(14(16,17)18)2-4-11(8)13(21-19)12-5-3-10(15)7-20-12/h2-7,13,21H,19H2,1H3. The fraction of sp³-hybridized carbons (Fsp3) is 0.214. The second kappa shape index (κ2) is 5.79. The van der Waals surface area contributed by atoms with Crippen LogP contribution in [0.5, 0.6) is 0 Å². The minimum absolute atomic E-state index is 0.416. The summed E-state index contributed by atoms with van der Waals surface area (Å²) in [5.41, 5.74) is 3.14. The Labute approximate surface area is 118 Å². The molecule has 2 rings (SSSR count). The molecular weight excluding hydrogens is 286 g/mol. The van der Waals surface area contributed by atoms with E-state index in [0.717, 1.165) is 18.3 Å². The van der Waals surface area contributed by atoms with E-state index in [0.29, 0.717) is 16.8 Å². The van der Waals surface area contributed by atoms with Crippen molar-refractivity contribution in [3.05, 3.63) is 64.7 Å². The van der Waals surface area contributed by atoms with Gasteiger partial charge in [-0.2, -0.15) is 13.2 Å². The Morgan fingerprint density at radius 2 is 1.90 bits per heavy atom. The lowest BCUT2D eigenvalue weighted by Gasteiger charge is -2.19. The molecule has 21 heavy (non-hydrogen) atoms. The highest BCUT2D eigenvalue weighted by Crippen LogP contribution is 2.32. The Morgan fingerprint density at radius 3 is 2.38 bits per heavy atom. The number of hydrogen-bond donors (Lipinski definition) is 2. The van der Waals surface area contributed by atoms with E-state index in [4.69, 9.17) is 5.84 Å². The van der Waals surface area contributed by atoms with Crippen LogP contribution in [0.4, 0.5) is 17.6 Å². The molecule has 1 aromatic carbocycles. The summed E-state index contributed by atoms with van der Waals surface area (Å²) in [5.74, 6) is 4.96. The van der Waals surface area contributed by atoms with Crippen molar-refractivity contribution in [2.45, 2.75) is 19.1 Å². The first-order valence-electron chi connectivity index (χ1n) is 6.08. The second-order valence-corrected chi connectivity index (χ2v) is 4.57. The van der Waals surface area contributed by atoms with E-state index >= 15 is 0 Å². The van der Waals surface area contributed by atoms with Crippen LogP contribution in [0, 0.1) is 12.7 Å². The van der Waals surface area contributed by atoms with Gasteiger partial charge in [-0.3, -0.25) is 10.8 Å². The Kier molecular flexibility index (Phi) is 4.24. The predicted molar refractivity (Wildman–Crippen MR) is 69.5 cm³/mol. The molecule has 1 atom stereocenters. The lowest BCUT2D eigenvalue weighted by molar-refractivity contribution is -0.137. The number of hydrazine groups is 1. The van der Waals surface area contributed by atoms with Crippen LogP contribution in [0.15, 0.2) is 36.5 Å².